The third kappa shape index (κ3) is 5.17. The summed E-state index contributed by atoms with van der Waals surface area (Å²) in [4.78, 5) is 12.1. The molecule has 0 atom stereocenters. The van der Waals surface area contributed by atoms with Crippen molar-refractivity contribution in [1.29, 1.82) is 0 Å². The first-order valence-electron chi connectivity index (χ1n) is 8.76. The van der Waals surface area contributed by atoms with E-state index in [1.54, 1.807) is 0 Å². The van der Waals surface area contributed by atoms with Crippen LogP contribution in [0, 0.1) is 17.8 Å². The predicted octanol–water partition coefficient (Wildman–Crippen LogP) is 3.05. The molecule has 2 fully saturated rings. The lowest BCUT2D eigenvalue weighted by Crippen LogP contribution is -2.48. The zero-order valence-electron chi connectivity index (χ0n) is 13.6. The van der Waals surface area contributed by atoms with Crippen molar-refractivity contribution in [1.82, 2.24) is 10.6 Å². The van der Waals surface area contributed by atoms with E-state index in [9.17, 15) is 4.79 Å². The number of nitrogens with one attached hydrogen (secondary N) is 2. The molecule has 0 heterocycles. The van der Waals surface area contributed by atoms with E-state index in [4.69, 9.17) is 5.11 Å². The van der Waals surface area contributed by atoms with Crippen LogP contribution in [0.25, 0.3) is 0 Å². The van der Waals surface area contributed by atoms with Crippen LogP contribution in [0.15, 0.2) is 0 Å². The maximum Gasteiger partial charge on any atom is 0.315 e. The smallest absolute Gasteiger partial charge is 0.315 e. The lowest BCUT2D eigenvalue weighted by atomic mass is 9.80. The second-order valence-corrected chi connectivity index (χ2v) is 7.37. The van der Waals surface area contributed by atoms with Crippen LogP contribution in [0.4, 0.5) is 4.79 Å². The Hall–Kier alpha value is -0.770. The highest BCUT2D eigenvalue weighted by molar-refractivity contribution is 5.74. The molecule has 2 amide bonds. The molecule has 0 bridgehead atoms. The quantitative estimate of drug-likeness (QED) is 0.746. The molecule has 2 aliphatic carbocycles. The van der Waals surface area contributed by atoms with Gasteiger partial charge in [0.2, 0.25) is 0 Å². The van der Waals surface area contributed by atoms with Gasteiger partial charge in [0.1, 0.15) is 0 Å². The van der Waals surface area contributed by atoms with E-state index in [0.29, 0.717) is 18.0 Å². The van der Waals surface area contributed by atoms with Gasteiger partial charge in [-0.05, 0) is 69.1 Å². The highest BCUT2D eigenvalue weighted by Gasteiger charge is 2.26. The molecule has 0 aromatic carbocycles. The highest BCUT2D eigenvalue weighted by Crippen LogP contribution is 2.30. The summed E-state index contributed by atoms with van der Waals surface area (Å²) in [6.45, 7) is 4.89. The van der Waals surface area contributed by atoms with Crippen molar-refractivity contribution in [3.63, 3.8) is 0 Å². The van der Waals surface area contributed by atoms with Gasteiger partial charge in [-0.25, -0.2) is 4.79 Å². The van der Waals surface area contributed by atoms with Crippen molar-refractivity contribution in [2.45, 2.75) is 77.3 Å². The molecular formula is C17H32N2O2. The molecular weight excluding hydrogens is 264 g/mol. The first-order valence-corrected chi connectivity index (χ1v) is 8.76. The summed E-state index contributed by atoms with van der Waals surface area (Å²) in [6.07, 6.45) is 8.77. The molecule has 0 radical (unpaired) electrons. The molecule has 0 unspecified atom stereocenters. The zero-order valence-corrected chi connectivity index (χ0v) is 13.6. The zero-order chi connectivity index (χ0) is 15.2. The summed E-state index contributed by atoms with van der Waals surface area (Å²) in [5.74, 6) is 2.04. The molecule has 4 heteroatoms. The molecule has 3 N–H and O–H groups in total. The SMILES string of the molecule is CC(C)C1CCC(NC(=O)NC2CCC(CO)CC2)CC1. The molecule has 2 aliphatic rings. The molecule has 2 rings (SSSR count). The number of urea groups is 1. The van der Waals surface area contributed by atoms with Crippen LogP contribution >= 0.6 is 0 Å². The summed E-state index contributed by atoms with van der Waals surface area (Å²) in [5.41, 5.74) is 0. The lowest BCUT2D eigenvalue weighted by molar-refractivity contribution is 0.172. The highest BCUT2D eigenvalue weighted by atomic mass is 16.3. The number of aliphatic hydroxyl groups is 1. The minimum Gasteiger partial charge on any atom is -0.396 e. The first kappa shape index (κ1) is 16.6. The van der Waals surface area contributed by atoms with E-state index in [-0.39, 0.29) is 12.6 Å². The maximum atomic E-state index is 12.1. The number of hydrogen-bond donors (Lipinski definition) is 3. The number of amides is 2. The van der Waals surface area contributed by atoms with Gasteiger partial charge in [0.25, 0.3) is 0 Å². The molecule has 21 heavy (non-hydrogen) atoms. The third-order valence-electron chi connectivity index (χ3n) is 5.49. The topological polar surface area (TPSA) is 61.4 Å². The van der Waals surface area contributed by atoms with Crippen LogP contribution in [-0.4, -0.2) is 29.8 Å². The largest absolute Gasteiger partial charge is 0.396 e. The minimum atomic E-state index is 0.00967. The van der Waals surface area contributed by atoms with Crippen LogP contribution < -0.4 is 10.6 Å². The Kier molecular flexibility index (Phi) is 6.34. The van der Waals surface area contributed by atoms with Gasteiger partial charge in [-0.3, -0.25) is 0 Å². The molecule has 0 aromatic rings. The van der Waals surface area contributed by atoms with Crippen molar-refractivity contribution >= 4 is 6.03 Å². The van der Waals surface area contributed by atoms with Crippen LogP contribution in [0.1, 0.15) is 65.2 Å². The van der Waals surface area contributed by atoms with Crippen molar-refractivity contribution in [3.8, 4) is 0 Å². The van der Waals surface area contributed by atoms with E-state index in [0.717, 1.165) is 50.4 Å². The van der Waals surface area contributed by atoms with Crippen molar-refractivity contribution in [2.75, 3.05) is 6.61 Å². The molecule has 2 saturated carbocycles. The summed E-state index contributed by atoms with van der Waals surface area (Å²) < 4.78 is 0. The van der Waals surface area contributed by atoms with Gasteiger partial charge in [-0.1, -0.05) is 13.8 Å². The van der Waals surface area contributed by atoms with E-state index in [1.807, 2.05) is 0 Å². The van der Waals surface area contributed by atoms with Crippen molar-refractivity contribution < 1.29 is 9.90 Å². The van der Waals surface area contributed by atoms with Crippen molar-refractivity contribution in [2.24, 2.45) is 17.8 Å². The Morgan fingerprint density at radius 2 is 1.43 bits per heavy atom. The molecule has 0 spiro atoms. The van der Waals surface area contributed by atoms with Gasteiger partial charge in [-0.2, -0.15) is 0 Å². The average molecular weight is 296 g/mol. The van der Waals surface area contributed by atoms with Crippen LogP contribution in [-0.2, 0) is 0 Å². The summed E-state index contributed by atoms with van der Waals surface area (Å²) >= 11 is 0. The number of rotatable bonds is 4. The van der Waals surface area contributed by atoms with E-state index < -0.39 is 0 Å². The summed E-state index contributed by atoms with van der Waals surface area (Å²) in [6, 6.07) is 0.657. The van der Waals surface area contributed by atoms with Gasteiger partial charge >= 0.3 is 6.03 Å². The second kappa shape index (κ2) is 8.02. The number of hydrogen-bond acceptors (Lipinski definition) is 2. The second-order valence-electron chi connectivity index (χ2n) is 7.37. The molecule has 0 aromatic heterocycles. The fourth-order valence-corrected chi connectivity index (χ4v) is 3.83. The molecule has 4 nitrogen and oxygen atoms in total. The van der Waals surface area contributed by atoms with Gasteiger partial charge in [0.15, 0.2) is 0 Å². The van der Waals surface area contributed by atoms with Gasteiger partial charge in [0, 0.05) is 18.7 Å². The van der Waals surface area contributed by atoms with Gasteiger partial charge in [-0.15, -0.1) is 0 Å². The minimum absolute atomic E-state index is 0.00967. The van der Waals surface area contributed by atoms with Gasteiger partial charge in [0.05, 0.1) is 0 Å². The average Bonchev–Trinajstić information content (AvgIpc) is 2.48. The van der Waals surface area contributed by atoms with Gasteiger partial charge < -0.3 is 15.7 Å². The predicted molar refractivity (Wildman–Crippen MR) is 85.1 cm³/mol. The van der Waals surface area contributed by atoms with E-state index in [2.05, 4.69) is 24.5 Å². The Bertz CT molecular complexity index is 317. The van der Waals surface area contributed by atoms with Crippen LogP contribution in [0.5, 0.6) is 0 Å². The maximum absolute atomic E-state index is 12.1. The van der Waals surface area contributed by atoms with E-state index in [1.165, 1.54) is 12.8 Å². The lowest BCUT2D eigenvalue weighted by Gasteiger charge is -2.32. The fourth-order valence-electron chi connectivity index (χ4n) is 3.83. The first-order chi connectivity index (χ1) is 10.1. The number of carbonyl (C=O) groups is 1. The standard InChI is InChI=1S/C17H32N2O2/c1-12(2)14-5-9-16(10-6-14)19-17(21)18-15-7-3-13(11-20)4-8-15/h12-16,20H,3-11H2,1-2H3,(H2,18,19,21). The Labute approximate surface area is 129 Å². The summed E-state index contributed by atoms with van der Waals surface area (Å²) in [5, 5.41) is 15.4. The van der Waals surface area contributed by atoms with Crippen molar-refractivity contribution in [3.05, 3.63) is 0 Å². The third-order valence-corrected chi connectivity index (χ3v) is 5.49. The Morgan fingerprint density at radius 3 is 1.86 bits per heavy atom. The number of aliphatic hydroxyl groups excluding tert-OH is 1. The van der Waals surface area contributed by atoms with Crippen LogP contribution in [0.3, 0.4) is 0 Å². The van der Waals surface area contributed by atoms with Crippen LogP contribution in [0.2, 0.25) is 0 Å². The molecule has 122 valence electrons. The molecule has 0 saturated heterocycles. The fraction of sp³-hybridized carbons (Fsp3) is 0.941. The monoisotopic (exact) mass is 296 g/mol. The molecule has 0 aliphatic heterocycles. The summed E-state index contributed by atoms with van der Waals surface area (Å²) in [7, 11) is 0. The Balaban J connectivity index is 1.64. The van der Waals surface area contributed by atoms with E-state index >= 15 is 0 Å². The normalized spacial score (nSPS) is 33.7. The Morgan fingerprint density at radius 1 is 0.952 bits per heavy atom. The number of carbonyl (C=O) groups excluding carboxylic acids is 1.